The first-order valence-corrected chi connectivity index (χ1v) is 13.0. The average molecular weight is 532 g/mol. The first kappa shape index (κ1) is 24.8. The van der Waals surface area contributed by atoms with Gasteiger partial charge in [-0.25, -0.2) is 17.9 Å². The lowest BCUT2D eigenvalue weighted by molar-refractivity contribution is -0.0494. The number of benzene rings is 1. The molecule has 0 aliphatic carbocycles. The number of anilines is 1. The highest BCUT2D eigenvalue weighted by atomic mass is 32.2. The van der Waals surface area contributed by atoms with Crippen LogP contribution in [0, 0.1) is 0 Å². The summed E-state index contributed by atoms with van der Waals surface area (Å²) in [5, 5.41) is 13.5. The maximum absolute atomic E-state index is 13.3. The van der Waals surface area contributed by atoms with Crippen LogP contribution in [0.3, 0.4) is 0 Å². The van der Waals surface area contributed by atoms with E-state index in [2.05, 4.69) is 30.6 Å². The molecule has 2 N–H and O–H groups in total. The molecule has 5 rings (SSSR count). The summed E-state index contributed by atoms with van der Waals surface area (Å²) >= 11 is 0. The maximum Gasteiger partial charge on any atom is 0.387 e. The number of aryl methyl sites for hydroxylation is 1. The van der Waals surface area contributed by atoms with Crippen molar-refractivity contribution in [2.75, 3.05) is 18.4 Å². The van der Waals surface area contributed by atoms with Crippen LogP contribution >= 0.6 is 0 Å². The number of aromatic nitrogens is 5. The van der Waals surface area contributed by atoms with Crippen molar-refractivity contribution < 1.29 is 26.7 Å². The van der Waals surface area contributed by atoms with E-state index < -0.39 is 27.6 Å². The van der Waals surface area contributed by atoms with Crippen LogP contribution in [-0.4, -0.2) is 63.7 Å². The maximum atomic E-state index is 13.3. The van der Waals surface area contributed by atoms with Gasteiger partial charge in [-0.1, -0.05) is 0 Å². The molecule has 0 spiro atoms. The Balaban J connectivity index is 1.55. The first-order valence-electron chi connectivity index (χ1n) is 11.4. The fourth-order valence-corrected chi connectivity index (χ4v) is 6.04. The second-order valence-electron chi connectivity index (χ2n) is 8.52. The van der Waals surface area contributed by atoms with Crippen LogP contribution in [0.4, 0.5) is 14.5 Å². The Morgan fingerprint density at radius 1 is 1.32 bits per heavy atom. The van der Waals surface area contributed by atoms with Gasteiger partial charge < -0.3 is 15.4 Å². The van der Waals surface area contributed by atoms with Crippen molar-refractivity contribution in [1.82, 2.24) is 29.7 Å². The molecule has 14 heteroatoms. The Morgan fingerprint density at radius 3 is 2.92 bits per heavy atom. The van der Waals surface area contributed by atoms with Gasteiger partial charge in [-0.15, -0.1) is 0 Å². The van der Waals surface area contributed by atoms with Gasteiger partial charge in [0.1, 0.15) is 17.0 Å². The van der Waals surface area contributed by atoms with Crippen LogP contribution in [0.15, 0.2) is 53.9 Å². The molecule has 4 aromatic rings. The van der Waals surface area contributed by atoms with Crippen LogP contribution < -0.4 is 15.4 Å². The summed E-state index contributed by atoms with van der Waals surface area (Å²) in [5.41, 5.74) is 0.728. The van der Waals surface area contributed by atoms with Gasteiger partial charge in [-0.2, -0.15) is 19.0 Å². The molecule has 4 heterocycles. The fourth-order valence-electron chi connectivity index (χ4n) is 4.30. The zero-order valence-electron chi connectivity index (χ0n) is 19.6. The molecule has 0 bridgehead atoms. The van der Waals surface area contributed by atoms with Crippen molar-refractivity contribution in [3.8, 4) is 17.0 Å². The monoisotopic (exact) mass is 531 g/mol. The summed E-state index contributed by atoms with van der Waals surface area (Å²) in [6.07, 6.45) is 7.17. The van der Waals surface area contributed by atoms with Gasteiger partial charge in [-0.3, -0.25) is 9.48 Å². The summed E-state index contributed by atoms with van der Waals surface area (Å²) in [7, 11) is -2.19. The molecule has 0 radical (unpaired) electrons. The predicted molar refractivity (Wildman–Crippen MR) is 129 cm³/mol. The first-order chi connectivity index (χ1) is 17.7. The van der Waals surface area contributed by atoms with E-state index in [4.69, 9.17) is 0 Å². The number of rotatable bonds is 7. The standard InChI is InChI=1S/C23H23F2N7O4S/c1-31-13-18(29-22(33)17-12-28-32-9-3-8-27-21(17)32)20(30-31)16-10-14(5-6-19(16)36-23(24)25)37(34,35)15-4-2-7-26-11-15/h3,5-6,8-10,12-13,15,23,26H,2,4,7,11H2,1H3,(H,29,33). The summed E-state index contributed by atoms with van der Waals surface area (Å²) in [6, 6.07) is 5.35. The summed E-state index contributed by atoms with van der Waals surface area (Å²) in [6.45, 7) is -2.13. The van der Waals surface area contributed by atoms with Crippen molar-refractivity contribution in [2.24, 2.45) is 7.05 Å². The summed E-state index contributed by atoms with van der Waals surface area (Å²) < 4.78 is 60.6. The van der Waals surface area contributed by atoms with Gasteiger partial charge in [0, 0.05) is 37.7 Å². The third-order valence-corrected chi connectivity index (χ3v) is 8.23. The van der Waals surface area contributed by atoms with Crippen molar-refractivity contribution >= 4 is 27.1 Å². The van der Waals surface area contributed by atoms with Crippen LogP contribution in [-0.2, 0) is 16.9 Å². The van der Waals surface area contributed by atoms with Gasteiger partial charge >= 0.3 is 6.61 Å². The molecule has 1 aromatic carbocycles. The number of hydrogen-bond acceptors (Lipinski definition) is 8. The lowest BCUT2D eigenvalue weighted by Gasteiger charge is -2.23. The second-order valence-corrected chi connectivity index (χ2v) is 10.7. The SMILES string of the molecule is Cn1cc(NC(=O)c2cnn3cccnc23)c(-c2cc(S(=O)(=O)C3CCCNC3)ccc2OC(F)F)n1. The second kappa shape index (κ2) is 9.86. The van der Waals surface area contributed by atoms with E-state index in [9.17, 15) is 22.0 Å². The van der Waals surface area contributed by atoms with Gasteiger partial charge in [0.05, 0.1) is 22.0 Å². The Bertz CT molecular complexity index is 1560. The Morgan fingerprint density at radius 2 is 2.16 bits per heavy atom. The van der Waals surface area contributed by atoms with E-state index in [1.54, 1.807) is 19.3 Å². The van der Waals surface area contributed by atoms with E-state index in [-0.39, 0.29) is 33.2 Å². The number of fused-ring (bicyclic) bond motifs is 1. The van der Waals surface area contributed by atoms with Crippen molar-refractivity contribution in [2.45, 2.75) is 29.6 Å². The Labute approximate surface area is 210 Å². The van der Waals surface area contributed by atoms with Gasteiger partial charge in [-0.05, 0) is 43.7 Å². The number of alkyl halides is 2. The number of sulfone groups is 1. The average Bonchev–Trinajstić information content (AvgIpc) is 3.47. The highest BCUT2D eigenvalue weighted by Gasteiger charge is 2.31. The van der Waals surface area contributed by atoms with E-state index in [0.29, 0.717) is 25.0 Å². The minimum Gasteiger partial charge on any atom is -0.434 e. The van der Waals surface area contributed by atoms with Crippen LogP contribution in [0.2, 0.25) is 0 Å². The predicted octanol–water partition coefficient (Wildman–Crippen LogP) is 2.51. The zero-order valence-corrected chi connectivity index (χ0v) is 20.5. The molecule has 1 unspecified atom stereocenters. The number of halogens is 2. The van der Waals surface area contributed by atoms with E-state index >= 15 is 0 Å². The number of ether oxygens (including phenoxy) is 1. The molecule has 1 saturated heterocycles. The topological polar surface area (TPSA) is 133 Å². The van der Waals surface area contributed by atoms with Crippen molar-refractivity contribution in [1.29, 1.82) is 0 Å². The summed E-state index contributed by atoms with van der Waals surface area (Å²) in [5.74, 6) is -0.834. The minimum absolute atomic E-state index is 0.000896. The van der Waals surface area contributed by atoms with Gasteiger partial charge in [0.2, 0.25) is 0 Å². The Kier molecular flexibility index (Phi) is 6.60. The molecule has 1 atom stereocenters. The molecule has 11 nitrogen and oxygen atoms in total. The van der Waals surface area contributed by atoms with Gasteiger partial charge in [0.15, 0.2) is 15.5 Å². The lowest BCUT2D eigenvalue weighted by atomic mass is 10.1. The van der Waals surface area contributed by atoms with Gasteiger partial charge in [0.25, 0.3) is 5.91 Å². The number of carbonyl (C=O) groups excluding carboxylic acids is 1. The normalized spacial score (nSPS) is 16.3. The lowest BCUT2D eigenvalue weighted by Crippen LogP contribution is -2.38. The van der Waals surface area contributed by atoms with Crippen molar-refractivity contribution in [3.63, 3.8) is 0 Å². The van der Waals surface area contributed by atoms with E-state index in [1.165, 1.54) is 46.0 Å². The molecule has 0 saturated carbocycles. The molecule has 1 fully saturated rings. The van der Waals surface area contributed by atoms with E-state index in [0.717, 1.165) is 6.54 Å². The van der Waals surface area contributed by atoms with E-state index in [1.807, 2.05) is 0 Å². The number of nitrogens with zero attached hydrogens (tertiary/aromatic N) is 5. The zero-order chi connectivity index (χ0) is 26.2. The number of hydrogen-bond donors (Lipinski definition) is 2. The fraction of sp³-hybridized carbons (Fsp3) is 0.304. The minimum atomic E-state index is -3.77. The number of carbonyl (C=O) groups is 1. The molecule has 1 aliphatic rings. The van der Waals surface area contributed by atoms with Crippen LogP contribution in [0.1, 0.15) is 23.2 Å². The van der Waals surface area contributed by atoms with Crippen LogP contribution in [0.5, 0.6) is 5.75 Å². The Hall–Kier alpha value is -3.91. The molecular weight excluding hydrogens is 508 g/mol. The number of piperidine rings is 1. The van der Waals surface area contributed by atoms with Crippen LogP contribution in [0.25, 0.3) is 16.9 Å². The molecule has 37 heavy (non-hydrogen) atoms. The molecule has 194 valence electrons. The van der Waals surface area contributed by atoms with Crippen molar-refractivity contribution in [3.05, 3.63) is 54.6 Å². The number of amides is 1. The molecule has 3 aromatic heterocycles. The molecular formula is C23H23F2N7O4S. The largest absolute Gasteiger partial charge is 0.434 e. The molecule has 1 amide bonds. The number of nitrogens with one attached hydrogen (secondary N) is 2. The smallest absolute Gasteiger partial charge is 0.387 e. The quantitative estimate of drug-likeness (QED) is 0.372. The third-order valence-electron chi connectivity index (χ3n) is 6.04. The highest BCUT2D eigenvalue weighted by molar-refractivity contribution is 7.92. The summed E-state index contributed by atoms with van der Waals surface area (Å²) in [4.78, 5) is 17.2. The third kappa shape index (κ3) is 4.89. The molecule has 1 aliphatic heterocycles. The highest BCUT2D eigenvalue weighted by Crippen LogP contribution is 2.38.